The van der Waals surface area contributed by atoms with Gasteiger partial charge in [0.2, 0.25) is 5.91 Å². The van der Waals surface area contributed by atoms with Gasteiger partial charge in [0.15, 0.2) is 0 Å². The Hall–Kier alpha value is -2.35. The van der Waals surface area contributed by atoms with Gasteiger partial charge in [-0.1, -0.05) is 18.2 Å². The molecule has 0 radical (unpaired) electrons. The molecule has 0 aliphatic carbocycles. The van der Waals surface area contributed by atoms with Gasteiger partial charge in [-0.2, -0.15) is 18.3 Å². The fourth-order valence-corrected chi connectivity index (χ4v) is 3.26. The first-order valence-corrected chi connectivity index (χ1v) is 8.59. The normalized spacial score (nSPS) is 17.9. The molecule has 1 fully saturated rings. The number of rotatable bonds is 5. The number of carbonyl (C=O) groups is 1. The Balaban J connectivity index is 1.62. The van der Waals surface area contributed by atoms with Gasteiger partial charge in [-0.05, 0) is 37.1 Å². The second-order valence-corrected chi connectivity index (χ2v) is 6.39. The van der Waals surface area contributed by atoms with Crippen molar-refractivity contribution in [1.82, 2.24) is 20.4 Å². The van der Waals surface area contributed by atoms with Crippen LogP contribution in [-0.4, -0.2) is 28.8 Å². The summed E-state index contributed by atoms with van der Waals surface area (Å²) in [6.07, 6.45) is -0.698. The minimum Gasteiger partial charge on any atom is -0.350 e. The van der Waals surface area contributed by atoms with Gasteiger partial charge < -0.3 is 10.6 Å². The summed E-state index contributed by atoms with van der Waals surface area (Å²) in [7, 11) is 0. The van der Waals surface area contributed by atoms with Crippen LogP contribution >= 0.6 is 0 Å². The summed E-state index contributed by atoms with van der Waals surface area (Å²) < 4.78 is 40.6. The Kier molecular flexibility index (Phi) is 5.61. The molecule has 2 heterocycles. The molecule has 0 saturated carbocycles. The fraction of sp³-hybridized carbons (Fsp3) is 0.444. The van der Waals surface area contributed by atoms with E-state index in [0.717, 1.165) is 37.7 Å². The number of hydrogen-bond acceptors (Lipinski definition) is 3. The smallest absolute Gasteiger partial charge is 0.350 e. The molecule has 0 unspecified atom stereocenters. The highest BCUT2D eigenvalue weighted by atomic mass is 19.4. The van der Waals surface area contributed by atoms with E-state index >= 15 is 0 Å². The number of benzene rings is 1. The van der Waals surface area contributed by atoms with E-state index in [2.05, 4.69) is 15.7 Å². The van der Waals surface area contributed by atoms with Crippen molar-refractivity contribution in [2.24, 2.45) is 0 Å². The Labute approximate surface area is 149 Å². The summed E-state index contributed by atoms with van der Waals surface area (Å²) >= 11 is 0. The highest BCUT2D eigenvalue weighted by Crippen LogP contribution is 2.31. The molecule has 26 heavy (non-hydrogen) atoms. The lowest BCUT2D eigenvalue weighted by molar-refractivity contribution is -0.138. The number of halogens is 3. The van der Waals surface area contributed by atoms with E-state index in [1.165, 1.54) is 18.2 Å². The van der Waals surface area contributed by atoms with Crippen molar-refractivity contribution in [2.45, 2.75) is 38.0 Å². The zero-order valence-electron chi connectivity index (χ0n) is 14.2. The summed E-state index contributed by atoms with van der Waals surface area (Å²) in [6, 6.07) is 7.14. The zero-order chi connectivity index (χ0) is 18.6. The lowest BCUT2D eigenvalue weighted by Gasteiger charge is -2.23. The molecule has 5 nitrogen and oxygen atoms in total. The van der Waals surface area contributed by atoms with Gasteiger partial charge in [-0.15, -0.1) is 0 Å². The molecular formula is C18H21F3N4O. The average molecular weight is 366 g/mol. The number of piperidine rings is 1. The Morgan fingerprint density at radius 1 is 1.31 bits per heavy atom. The average Bonchev–Trinajstić information content (AvgIpc) is 3.08. The fourth-order valence-electron chi connectivity index (χ4n) is 3.26. The molecule has 2 aromatic rings. The predicted octanol–water partition coefficient (Wildman–Crippen LogP) is 2.69. The number of nitrogens with one attached hydrogen (secondary N) is 2. The first-order valence-electron chi connectivity index (χ1n) is 8.59. The van der Waals surface area contributed by atoms with Crippen molar-refractivity contribution in [1.29, 1.82) is 0 Å². The molecule has 140 valence electrons. The van der Waals surface area contributed by atoms with Crippen LogP contribution in [0.1, 0.15) is 35.6 Å². The second kappa shape index (κ2) is 7.90. The molecule has 1 saturated heterocycles. The largest absolute Gasteiger partial charge is 0.416 e. The van der Waals surface area contributed by atoms with Crippen LogP contribution in [0.15, 0.2) is 36.5 Å². The molecule has 8 heteroatoms. The maximum Gasteiger partial charge on any atom is 0.416 e. The van der Waals surface area contributed by atoms with Crippen molar-refractivity contribution < 1.29 is 18.0 Å². The molecule has 1 aliphatic heterocycles. The van der Waals surface area contributed by atoms with Gasteiger partial charge in [0.1, 0.15) is 6.54 Å². The van der Waals surface area contributed by atoms with Crippen molar-refractivity contribution in [3.8, 4) is 0 Å². The number of hydrogen-bond donors (Lipinski definition) is 2. The zero-order valence-corrected chi connectivity index (χ0v) is 14.2. The van der Waals surface area contributed by atoms with Crippen LogP contribution in [0.3, 0.4) is 0 Å². The highest BCUT2D eigenvalue weighted by Gasteiger charge is 2.32. The van der Waals surface area contributed by atoms with Crippen LogP contribution in [-0.2, 0) is 24.1 Å². The molecular weight excluding hydrogens is 345 g/mol. The summed E-state index contributed by atoms with van der Waals surface area (Å²) in [5.41, 5.74) is 0.293. The van der Waals surface area contributed by atoms with E-state index in [1.54, 1.807) is 10.9 Å². The maximum absolute atomic E-state index is 13.0. The molecule has 0 bridgehead atoms. The minimum absolute atomic E-state index is 0.00693. The van der Waals surface area contributed by atoms with Gasteiger partial charge in [0.25, 0.3) is 0 Å². The lowest BCUT2D eigenvalue weighted by Crippen LogP contribution is -2.32. The third kappa shape index (κ3) is 4.43. The lowest BCUT2D eigenvalue weighted by atomic mass is 9.96. The summed E-state index contributed by atoms with van der Waals surface area (Å²) in [5.74, 6) is -0.0688. The predicted molar refractivity (Wildman–Crippen MR) is 90.4 cm³/mol. The number of aromatic nitrogens is 2. The summed E-state index contributed by atoms with van der Waals surface area (Å²) in [6.45, 7) is 1.65. The molecule has 1 aliphatic rings. The van der Waals surface area contributed by atoms with E-state index in [-0.39, 0.29) is 24.6 Å². The molecule has 2 N–H and O–H groups in total. The van der Waals surface area contributed by atoms with Gasteiger partial charge in [-0.3, -0.25) is 9.48 Å². The first kappa shape index (κ1) is 18.4. The van der Waals surface area contributed by atoms with E-state index in [1.807, 2.05) is 6.07 Å². The van der Waals surface area contributed by atoms with Crippen molar-refractivity contribution >= 4 is 5.91 Å². The van der Waals surface area contributed by atoms with Crippen molar-refractivity contribution in [3.05, 3.63) is 53.3 Å². The van der Waals surface area contributed by atoms with Crippen LogP contribution in [0, 0.1) is 0 Å². The van der Waals surface area contributed by atoms with Gasteiger partial charge >= 0.3 is 6.18 Å². The van der Waals surface area contributed by atoms with E-state index in [9.17, 15) is 18.0 Å². The van der Waals surface area contributed by atoms with E-state index in [0.29, 0.717) is 5.92 Å². The second-order valence-electron chi connectivity index (χ2n) is 6.39. The molecule has 3 rings (SSSR count). The summed E-state index contributed by atoms with van der Waals surface area (Å²) in [4.78, 5) is 12.2. The van der Waals surface area contributed by atoms with Crippen LogP contribution in [0.2, 0.25) is 0 Å². The van der Waals surface area contributed by atoms with Crippen molar-refractivity contribution in [2.75, 3.05) is 13.1 Å². The topological polar surface area (TPSA) is 59.0 Å². The molecule has 0 spiro atoms. The van der Waals surface area contributed by atoms with Crippen LogP contribution in [0.25, 0.3) is 0 Å². The van der Waals surface area contributed by atoms with Gasteiger partial charge in [-0.25, -0.2) is 0 Å². The molecule has 1 aromatic carbocycles. The van der Waals surface area contributed by atoms with Crippen LogP contribution in [0.4, 0.5) is 13.2 Å². The summed E-state index contributed by atoms with van der Waals surface area (Å²) in [5, 5.41) is 10.1. The Morgan fingerprint density at radius 3 is 2.85 bits per heavy atom. The van der Waals surface area contributed by atoms with Crippen LogP contribution in [0.5, 0.6) is 0 Å². The van der Waals surface area contributed by atoms with E-state index in [4.69, 9.17) is 0 Å². The Bertz CT molecular complexity index is 751. The van der Waals surface area contributed by atoms with E-state index < -0.39 is 11.7 Å². The Morgan fingerprint density at radius 2 is 2.12 bits per heavy atom. The third-order valence-corrected chi connectivity index (χ3v) is 4.56. The number of amides is 1. The molecule has 1 aromatic heterocycles. The quantitative estimate of drug-likeness (QED) is 0.855. The first-order chi connectivity index (χ1) is 12.4. The SMILES string of the molecule is O=C(Cn1nccc1[C@@H]1CCCNC1)NCc1ccccc1C(F)(F)F. The minimum atomic E-state index is -4.44. The van der Waals surface area contributed by atoms with Crippen molar-refractivity contribution in [3.63, 3.8) is 0 Å². The maximum atomic E-state index is 13.0. The number of alkyl halides is 3. The van der Waals surface area contributed by atoms with Gasteiger partial charge in [0, 0.05) is 30.9 Å². The molecule has 1 amide bonds. The van der Waals surface area contributed by atoms with Gasteiger partial charge in [0.05, 0.1) is 5.56 Å². The third-order valence-electron chi connectivity index (χ3n) is 4.56. The number of nitrogens with zero attached hydrogens (tertiary/aromatic N) is 2. The number of carbonyl (C=O) groups excluding carboxylic acids is 1. The molecule has 1 atom stereocenters. The standard InChI is InChI=1S/C18H21F3N4O/c19-18(20,21)15-6-2-1-4-13(15)11-23-17(26)12-25-16(7-9-24-25)14-5-3-8-22-10-14/h1-2,4,6-7,9,14,22H,3,5,8,10-12H2,(H,23,26)/t14-/m1/s1. The van der Waals surface area contributed by atoms with Crippen LogP contribution < -0.4 is 10.6 Å². The monoisotopic (exact) mass is 366 g/mol. The highest BCUT2D eigenvalue weighted by molar-refractivity contribution is 5.75.